The number of aryl methyl sites for hydroxylation is 1. The molecule has 3 rings (SSSR count). The maximum Gasteiger partial charge on any atom is 0.254 e. The number of pyridine rings is 1. The lowest BCUT2D eigenvalue weighted by molar-refractivity contribution is -0.0303. The normalized spacial score (nSPS) is 26.4. The van der Waals surface area contributed by atoms with E-state index in [-0.39, 0.29) is 18.1 Å². The van der Waals surface area contributed by atoms with Crippen molar-refractivity contribution in [3.63, 3.8) is 0 Å². The Bertz CT molecular complexity index is 460. The summed E-state index contributed by atoms with van der Waals surface area (Å²) in [6.45, 7) is 3.22. The van der Waals surface area contributed by atoms with Crippen LogP contribution in [-0.2, 0) is 4.74 Å². The van der Waals surface area contributed by atoms with Crippen LogP contribution in [0.4, 0.5) is 0 Å². The van der Waals surface area contributed by atoms with Gasteiger partial charge in [0.05, 0.1) is 12.2 Å². The number of carbonyl (C=O) groups excluding carboxylic acids is 1. The lowest BCUT2D eigenvalue weighted by Crippen LogP contribution is -2.45. The van der Waals surface area contributed by atoms with Crippen LogP contribution >= 0.6 is 11.6 Å². The number of fused-ring (bicyclic) bond motifs is 2. The summed E-state index contributed by atoms with van der Waals surface area (Å²) >= 11 is 5.90. The molecule has 5 heteroatoms. The van der Waals surface area contributed by atoms with Crippen molar-refractivity contribution in [2.45, 2.75) is 32.0 Å². The van der Waals surface area contributed by atoms with Gasteiger partial charge in [0.25, 0.3) is 5.91 Å². The molecule has 0 N–H and O–H groups in total. The van der Waals surface area contributed by atoms with Crippen molar-refractivity contribution in [2.75, 3.05) is 13.1 Å². The van der Waals surface area contributed by atoms with E-state index in [0.29, 0.717) is 23.8 Å². The van der Waals surface area contributed by atoms with E-state index in [2.05, 4.69) is 4.98 Å². The first-order valence-corrected chi connectivity index (χ1v) is 6.58. The Balaban J connectivity index is 1.81. The second-order valence-electron chi connectivity index (χ2n) is 4.99. The fourth-order valence-electron chi connectivity index (χ4n) is 2.71. The lowest BCUT2D eigenvalue weighted by atomic mass is 10.2. The third kappa shape index (κ3) is 2.22. The van der Waals surface area contributed by atoms with Crippen LogP contribution in [-0.4, -0.2) is 41.1 Å². The summed E-state index contributed by atoms with van der Waals surface area (Å²) in [7, 11) is 0. The monoisotopic (exact) mass is 266 g/mol. The van der Waals surface area contributed by atoms with Crippen LogP contribution < -0.4 is 0 Å². The molecule has 4 nitrogen and oxygen atoms in total. The van der Waals surface area contributed by atoms with Gasteiger partial charge in [0.15, 0.2) is 0 Å². The Hall–Kier alpha value is -1.13. The Morgan fingerprint density at radius 1 is 1.39 bits per heavy atom. The summed E-state index contributed by atoms with van der Waals surface area (Å²) in [5.41, 5.74) is 1.39. The minimum Gasteiger partial charge on any atom is -0.371 e. The highest BCUT2D eigenvalue weighted by molar-refractivity contribution is 6.29. The molecule has 1 aromatic heterocycles. The van der Waals surface area contributed by atoms with Crippen molar-refractivity contribution in [3.8, 4) is 0 Å². The number of hydrogen-bond donors (Lipinski definition) is 0. The molecule has 0 aromatic carbocycles. The fraction of sp³-hybridized carbons (Fsp3) is 0.538. The molecule has 3 heterocycles. The van der Waals surface area contributed by atoms with E-state index >= 15 is 0 Å². The molecule has 0 radical (unpaired) electrons. The van der Waals surface area contributed by atoms with Gasteiger partial charge in [0.1, 0.15) is 5.15 Å². The molecule has 96 valence electrons. The second kappa shape index (κ2) is 4.52. The zero-order valence-corrected chi connectivity index (χ0v) is 11.0. The van der Waals surface area contributed by atoms with Gasteiger partial charge in [-0.25, -0.2) is 4.98 Å². The van der Waals surface area contributed by atoms with E-state index in [1.807, 2.05) is 11.8 Å². The SMILES string of the molecule is Cc1cc(C(=O)N2CC3CCC(C2)O3)cc(Cl)n1. The van der Waals surface area contributed by atoms with Gasteiger partial charge in [-0.1, -0.05) is 11.6 Å². The van der Waals surface area contributed by atoms with Gasteiger partial charge in [-0.2, -0.15) is 0 Å². The average molecular weight is 267 g/mol. The highest BCUT2D eigenvalue weighted by Gasteiger charge is 2.36. The number of halogens is 1. The van der Waals surface area contributed by atoms with Crippen LogP contribution in [0.1, 0.15) is 28.9 Å². The largest absolute Gasteiger partial charge is 0.371 e. The highest BCUT2D eigenvalue weighted by Crippen LogP contribution is 2.27. The Morgan fingerprint density at radius 2 is 2.06 bits per heavy atom. The first-order chi connectivity index (χ1) is 8.61. The maximum atomic E-state index is 12.4. The molecule has 0 aliphatic carbocycles. The zero-order valence-electron chi connectivity index (χ0n) is 10.2. The minimum atomic E-state index is 0.0302. The first kappa shape index (κ1) is 11.9. The second-order valence-corrected chi connectivity index (χ2v) is 5.37. The highest BCUT2D eigenvalue weighted by atomic mass is 35.5. The van der Waals surface area contributed by atoms with Crippen molar-refractivity contribution in [3.05, 3.63) is 28.5 Å². The summed E-state index contributed by atoms with van der Waals surface area (Å²) in [6.07, 6.45) is 2.55. The van der Waals surface area contributed by atoms with Gasteiger partial charge < -0.3 is 9.64 Å². The van der Waals surface area contributed by atoms with Gasteiger partial charge >= 0.3 is 0 Å². The topological polar surface area (TPSA) is 42.4 Å². The number of hydrogen-bond acceptors (Lipinski definition) is 3. The molecule has 2 aliphatic rings. The molecule has 2 saturated heterocycles. The summed E-state index contributed by atoms with van der Waals surface area (Å²) in [4.78, 5) is 18.4. The van der Waals surface area contributed by atoms with Crippen LogP contribution in [0.2, 0.25) is 5.15 Å². The van der Waals surface area contributed by atoms with Crippen molar-refractivity contribution in [2.24, 2.45) is 0 Å². The lowest BCUT2D eigenvalue weighted by Gasteiger charge is -2.32. The molecular formula is C13H15ClN2O2. The smallest absolute Gasteiger partial charge is 0.254 e. The average Bonchev–Trinajstić information content (AvgIpc) is 2.66. The van der Waals surface area contributed by atoms with E-state index < -0.39 is 0 Å². The van der Waals surface area contributed by atoms with Crippen molar-refractivity contribution >= 4 is 17.5 Å². The van der Waals surface area contributed by atoms with E-state index in [4.69, 9.17) is 16.3 Å². The molecule has 0 spiro atoms. The van der Waals surface area contributed by atoms with Gasteiger partial charge in [-0.15, -0.1) is 0 Å². The summed E-state index contributed by atoms with van der Waals surface area (Å²) in [6, 6.07) is 3.42. The number of rotatable bonds is 1. The molecule has 1 aromatic rings. The molecule has 0 saturated carbocycles. The number of nitrogens with zero attached hydrogens (tertiary/aromatic N) is 2. The molecular weight excluding hydrogens is 252 g/mol. The number of carbonyl (C=O) groups is 1. The summed E-state index contributed by atoms with van der Waals surface area (Å²) < 4.78 is 5.73. The van der Waals surface area contributed by atoms with Crippen LogP contribution in [0.15, 0.2) is 12.1 Å². The third-order valence-electron chi connectivity index (χ3n) is 3.50. The number of ether oxygens (including phenoxy) is 1. The van der Waals surface area contributed by atoms with Gasteiger partial charge in [-0.05, 0) is 31.9 Å². The predicted molar refractivity (Wildman–Crippen MR) is 67.8 cm³/mol. The van der Waals surface area contributed by atoms with Crippen molar-refractivity contribution < 1.29 is 9.53 Å². The first-order valence-electron chi connectivity index (χ1n) is 6.21. The fourth-order valence-corrected chi connectivity index (χ4v) is 2.97. The zero-order chi connectivity index (χ0) is 12.7. The third-order valence-corrected chi connectivity index (χ3v) is 3.69. The Kier molecular flexibility index (Phi) is 2.99. The number of morpholine rings is 1. The quantitative estimate of drug-likeness (QED) is 0.731. The van der Waals surface area contributed by atoms with Gasteiger partial charge in [0.2, 0.25) is 0 Å². The number of aromatic nitrogens is 1. The van der Waals surface area contributed by atoms with Crippen LogP contribution in [0, 0.1) is 6.92 Å². The molecule has 2 atom stereocenters. The molecule has 1 amide bonds. The van der Waals surface area contributed by atoms with Crippen LogP contribution in [0.3, 0.4) is 0 Å². The molecule has 2 unspecified atom stereocenters. The van der Waals surface area contributed by atoms with E-state index in [9.17, 15) is 4.79 Å². The molecule has 2 bridgehead atoms. The van der Waals surface area contributed by atoms with E-state index in [0.717, 1.165) is 18.5 Å². The van der Waals surface area contributed by atoms with E-state index in [1.54, 1.807) is 12.1 Å². The standard InChI is InChI=1S/C13H15ClN2O2/c1-8-4-9(5-12(14)15-8)13(17)16-6-10-2-3-11(7-16)18-10/h4-5,10-11H,2-3,6-7H2,1H3. The van der Waals surface area contributed by atoms with Crippen LogP contribution in [0.25, 0.3) is 0 Å². The summed E-state index contributed by atoms with van der Waals surface area (Å²) in [5, 5.41) is 0.370. The molecule has 2 fully saturated rings. The van der Waals surface area contributed by atoms with Crippen LogP contribution in [0.5, 0.6) is 0 Å². The number of likely N-dealkylation sites (tertiary alicyclic amines) is 1. The Labute approximate surface area is 111 Å². The van der Waals surface area contributed by atoms with E-state index in [1.165, 1.54) is 0 Å². The number of amides is 1. The molecule has 2 aliphatic heterocycles. The predicted octanol–water partition coefficient (Wildman–Crippen LogP) is 2.05. The Morgan fingerprint density at radius 3 is 2.67 bits per heavy atom. The maximum absolute atomic E-state index is 12.4. The minimum absolute atomic E-state index is 0.0302. The van der Waals surface area contributed by atoms with Crippen molar-refractivity contribution in [1.82, 2.24) is 9.88 Å². The van der Waals surface area contributed by atoms with Gasteiger partial charge in [-0.3, -0.25) is 4.79 Å². The molecule has 18 heavy (non-hydrogen) atoms. The van der Waals surface area contributed by atoms with Gasteiger partial charge in [0, 0.05) is 24.3 Å². The summed E-state index contributed by atoms with van der Waals surface area (Å²) in [5.74, 6) is 0.0302. The van der Waals surface area contributed by atoms with Crippen molar-refractivity contribution in [1.29, 1.82) is 0 Å².